The average Bonchev–Trinajstić information content (AvgIpc) is 3.10. The molecule has 0 aliphatic heterocycles. The van der Waals surface area contributed by atoms with Gasteiger partial charge in [0.1, 0.15) is 0 Å². The molecule has 0 heterocycles. The van der Waals surface area contributed by atoms with E-state index in [2.05, 4.69) is 52.6 Å². The van der Waals surface area contributed by atoms with Gasteiger partial charge < -0.3 is 5.32 Å². The van der Waals surface area contributed by atoms with Gasteiger partial charge in [0.25, 0.3) is 0 Å². The van der Waals surface area contributed by atoms with Gasteiger partial charge in [0.05, 0.1) is 0 Å². The van der Waals surface area contributed by atoms with Crippen LogP contribution in [0.25, 0.3) is 0 Å². The van der Waals surface area contributed by atoms with Crippen LogP contribution in [0.1, 0.15) is 98.8 Å². The Morgan fingerprint density at radius 1 is 1.10 bits per heavy atom. The van der Waals surface area contributed by atoms with Crippen LogP contribution < -0.4 is 5.32 Å². The van der Waals surface area contributed by atoms with Crippen molar-refractivity contribution in [3.05, 3.63) is 24.3 Å². The third-order valence-electron chi connectivity index (χ3n) is 9.63. The second kappa shape index (κ2) is 10.8. The van der Waals surface area contributed by atoms with Crippen LogP contribution in [0, 0.1) is 34.5 Å². The number of nitrogens with one attached hydrogen (secondary N) is 1. The standard InChI is InChI=1S/C29H50N2/c1-7-11-23-12-13-24-26-15-14-25(22(4)31-21-10-20-30-19-9-3)29(26,6)18-16-27(24)28(23,5)17-8-2/h7,11,24-27,30H,1,8-10,12-21H2,2-6H3/b23-11-,31-22?. The minimum absolute atomic E-state index is 0.389. The topological polar surface area (TPSA) is 24.4 Å². The summed E-state index contributed by atoms with van der Waals surface area (Å²) in [4.78, 5) is 5.09. The van der Waals surface area contributed by atoms with Crippen LogP contribution in [0.5, 0.6) is 0 Å². The second-order valence-electron chi connectivity index (χ2n) is 11.3. The lowest BCUT2D eigenvalue weighted by Gasteiger charge is -2.57. The van der Waals surface area contributed by atoms with Gasteiger partial charge in [-0.05, 0) is 106 Å². The number of nitrogens with zero attached hydrogens (tertiary/aromatic N) is 1. The third kappa shape index (κ3) is 4.90. The molecule has 0 amide bonds. The number of allylic oxidation sites excluding steroid dienone is 3. The number of hydrogen-bond donors (Lipinski definition) is 1. The van der Waals surface area contributed by atoms with Crippen molar-refractivity contribution in [2.24, 2.45) is 39.5 Å². The molecule has 2 heteroatoms. The van der Waals surface area contributed by atoms with E-state index in [0.29, 0.717) is 16.7 Å². The predicted octanol–water partition coefficient (Wildman–Crippen LogP) is 7.61. The van der Waals surface area contributed by atoms with Crippen molar-refractivity contribution in [2.75, 3.05) is 19.6 Å². The summed E-state index contributed by atoms with van der Waals surface area (Å²) in [5.74, 6) is 3.39. The SMILES string of the molecule is C=C/C=C1/CCC2C(CCC3(C)C(C(C)=NCCCNCCC)CCC23)C1(C)CCC. The normalized spacial score (nSPS) is 39.4. The zero-order chi connectivity index (χ0) is 22.5. The van der Waals surface area contributed by atoms with Crippen LogP contribution in [-0.2, 0) is 0 Å². The zero-order valence-electron chi connectivity index (χ0n) is 21.3. The van der Waals surface area contributed by atoms with Gasteiger partial charge in [-0.3, -0.25) is 4.99 Å². The number of rotatable bonds is 10. The minimum Gasteiger partial charge on any atom is -0.317 e. The zero-order valence-corrected chi connectivity index (χ0v) is 21.3. The Morgan fingerprint density at radius 3 is 2.61 bits per heavy atom. The average molecular weight is 427 g/mol. The summed E-state index contributed by atoms with van der Waals surface area (Å²) in [5, 5.41) is 3.51. The molecule has 3 aliphatic carbocycles. The van der Waals surface area contributed by atoms with Crippen molar-refractivity contribution in [1.29, 1.82) is 0 Å². The first-order valence-corrected chi connectivity index (χ1v) is 13.5. The van der Waals surface area contributed by atoms with Crippen molar-refractivity contribution < 1.29 is 0 Å². The molecule has 0 aromatic heterocycles. The van der Waals surface area contributed by atoms with Crippen LogP contribution >= 0.6 is 0 Å². The highest BCUT2D eigenvalue weighted by Gasteiger charge is 2.58. The Balaban J connectivity index is 1.71. The third-order valence-corrected chi connectivity index (χ3v) is 9.63. The molecular weight excluding hydrogens is 376 g/mol. The summed E-state index contributed by atoms with van der Waals surface area (Å²) in [6.07, 6.45) is 17.7. The smallest absolute Gasteiger partial charge is 0.0400 e. The largest absolute Gasteiger partial charge is 0.317 e. The summed E-state index contributed by atoms with van der Waals surface area (Å²) >= 11 is 0. The number of aliphatic imine (C=N–C) groups is 1. The van der Waals surface area contributed by atoms with E-state index >= 15 is 0 Å². The van der Waals surface area contributed by atoms with Gasteiger partial charge in [0.15, 0.2) is 0 Å². The van der Waals surface area contributed by atoms with Gasteiger partial charge in [-0.2, -0.15) is 0 Å². The van der Waals surface area contributed by atoms with E-state index < -0.39 is 0 Å². The van der Waals surface area contributed by atoms with E-state index in [4.69, 9.17) is 4.99 Å². The highest BCUT2D eigenvalue weighted by Crippen LogP contribution is 2.66. The molecule has 2 nitrogen and oxygen atoms in total. The molecule has 0 aromatic carbocycles. The Kier molecular flexibility index (Phi) is 8.64. The highest BCUT2D eigenvalue weighted by atomic mass is 14.9. The van der Waals surface area contributed by atoms with E-state index in [-0.39, 0.29) is 0 Å². The molecule has 0 aromatic rings. The first kappa shape index (κ1) is 24.7. The lowest BCUT2D eigenvalue weighted by atomic mass is 9.47. The van der Waals surface area contributed by atoms with Gasteiger partial charge in [0.2, 0.25) is 0 Å². The summed E-state index contributed by atoms with van der Waals surface area (Å²) in [5.41, 5.74) is 4.01. The molecule has 0 bridgehead atoms. The van der Waals surface area contributed by atoms with E-state index in [1.54, 1.807) is 5.57 Å². The van der Waals surface area contributed by atoms with E-state index in [9.17, 15) is 0 Å². The molecule has 1 N–H and O–H groups in total. The van der Waals surface area contributed by atoms with Crippen molar-refractivity contribution in [2.45, 2.75) is 98.8 Å². The lowest BCUT2D eigenvalue weighted by Crippen LogP contribution is -2.50. The molecular formula is C29H50N2. The van der Waals surface area contributed by atoms with Crippen molar-refractivity contribution in [3.63, 3.8) is 0 Å². The van der Waals surface area contributed by atoms with Gasteiger partial charge in [-0.15, -0.1) is 0 Å². The molecule has 31 heavy (non-hydrogen) atoms. The summed E-state index contributed by atoms with van der Waals surface area (Å²) < 4.78 is 0. The van der Waals surface area contributed by atoms with Crippen molar-refractivity contribution >= 4 is 5.71 Å². The maximum Gasteiger partial charge on any atom is 0.0400 e. The van der Waals surface area contributed by atoms with Gasteiger partial charge in [-0.25, -0.2) is 0 Å². The molecule has 3 aliphatic rings. The molecule has 0 saturated heterocycles. The first-order chi connectivity index (χ1) is 14.9. The Morgan fingerprint density at radius 2 is 1.90 bits per heavy atom. The minimum atomic E-state index is 0.389. The van der Waals surface area contributed by atoms with Crippen molar-refractivity contribution in [1.82, 2.24) is 5.32 Å². The Bertz CT molecular complexity index is 662. The molecule has 6 unspecified atom stereocenters. The monoisotopic (exact) mass is 426 g/mol. The van der Waals surface area contributed by atoms with Gasteiger partial charge in [-0.1, -0.05) is 58.4 Å². The molecule has 176 valence electrons. The molecule has 3 saturated carbocycles. The maximum absolute atomic E-state index is 5.09. The van der Waals surface area contributed by atoms with Crippen LogP contribution in [0.3, 0.4) is 0 Å². The maximum atomic E-state index is 5.09. The number of hydrogen-bond acceptors (Lipinski definition) is 2. The molecule has 3 fully saturated rings. The fraction of sp³-hybridized carbons (Fsp3) is 0.828. The molecule has 3 rings (SSSR count). The highest BCUT2D eigenvalue weighted by molar-refractivity contribution is 5.85. The second-order valence-corrected chi connectivity index (χ2v) is 11.3. The Hall–Kier alpha value is -0.890. The van der Waals surface area contributed by atoms with Gasteiger partial charge >= 0.3 is 0 Å². The molecule has 0 radical (unpaired) electrons. The van der Waals surface area contributed by atoms with Crippen LogP contribution in [-0.4, -0.2) is 25.3 Å². The van der Waals surface area contributed by atoms with Gasteiger partial charge in [0, 0.05) is 18.2 Å². The summed E-state index contributed by atoms with van der Waals surface area (Å²) in [7, 11) is 0. The molecule has 6 atom stereocenters. The first-order valence-electron chi connectivity index (χ1n) is 13.5. The van der Waals surface area contributed by atoms with Crippen LogP contribution in [0.2, 0.25) is 0 Å². The fourth-order valence-electron chi connectivity index (χ4n) is 8.17. The number of fused-ring (bicyclic) bond motifs is 3. The Labute approximate surface area is 193 Å². The molecule has 0 spiro atoms. The van der Waals surface area contributed by atoms with Crippen LogP contribution in [0.4, 0.5) is 0 Å². The summed E-state index contributed by atoms with van der Waals surface area (Å²) in [6, 6.07) is 0. The van der Waals surface area contributed by atoms with E-state index in [1.807, 2.05) is 6.08 Å². The fourth-order valence-corrected chi connectivity index (χ4v) is 8.17. The predicted molar refractivity (Wildman–Crippen MR) is 137 cm³/mol. The van der Waals surface area contributed by atoms with E-state index in [0.717, 1.165) is 37.4 Å². The quantitative estimate of drug-likeness (QED) is 0.282. The van der Waals surface area contributed by atoms with Crippen LogP contribution in [0.15, 0.2) is 29.3 Å². The lowest BCUT2D eigenvalue weighted by molar-refractivity contribution is -0.0408. The summed E-state index contributed by atoms with van der Waals surface area (Å²) in [6.45, 7) is 19.4. The van der Waals surface area contributed by atoms with E-state index in [1.165, 1.54) is 69.9 Å². The van der Waals surface area contributed by atoms with Crippen molar-refractivity contribution in [3.8, 4) is 0 Å².